The van der Waals surface area contributed by atoms with Crippen molar-refractivity contribution in [3.8, 4) is 5.69 Å². The van der Waals surface area contributed by atoms with Crippen LogP contribution in [0, 0.1) is 5.82 Å². The third-order valence-corrected chi connectivity index (χ3v) is 2.70. The van der Waals surface area contributed by atoms with Gasteiger partial charge in [-0.15, -0.1) is 0 Å². The summed E-state index contributed by atoms with van der Waals surface area (Å²) in [5, 5.41) is 3.33. The topological polar surface area (TPSA) is 43.8 Å². The largest absolute Gasteiger partial charge is 0.435 e. The number of nitrogens with zero attached hydrogens (tertiary/aromatic N) is 2. The zero-order valence-electron chi connectivity index (χ0n) is 10.7. The zero-order chi connectivity index (χ0) is 14.9. The molecule has 0 amide bonds. The molecule has 0 fully saturated rings. The van der Waals surface area contributed by atoms with E-state index in [0.717, 1.165) is 16.9 Å². The summed E-state index contributed by atoms with van der Waals surface area (Å²) in [6, 6.07) is 4.95. The van der Waals surface area contributed by atoms with Crippen molar-refractivity contribution in [3.63, 3.8) is 0 Å². The average molecular weight is 287 g/mol. The fourth-order valence-electron chi connectivity index (χ4n) is 1.84. The first-order chi connectivity index (χ1) is 9.27. The van der Waals surface area contributed by atoms with Crippen molar-refractivity contribution in [2.75, 3.05) is 0 Å². The second kappa shape index (κ2) is 5.24. The van der Waals surface area contributed by atoms with Crippen molar-refractivity contribution < 1.29 is 17.6 Å². The van der Waals surface area contributed by atoms with Crippen LogP contribution in [0.5, 0.6) is 0 Å². The molecular formula is C13H13F4N3. The fourth-order valence-corrected chi connectivity index (χ4v) is 1.84. The molecular weight excluding hydrogens is 274 g/mol. The van der Waals surface area contributed by atoms with E-state index >= 15 is 0 Å². The molecule has 1 aromatic heterocycles. The van der Waals surface area contributed by atoms with Crippen molar-refractivity contribution in [2.45, 2.75) is 25.6 Å². The molecule has 0 saturated heterocycles. The Kier molecular flexibility index (Phi) is 3.80. The summed E-state index contributed by atoms with van der Waals surface area (Å²) in [6.07, 6.45) is -2.98. The van der Waals surface area contributed by atoms with Crippen LogP contribution in [-0.4, -0.2) is 15.8 Å². The van der Waals surface area contributed by atoms with Crippen LogP contribution in [0.3, 0.4) is 0 Å². The van der Waals surface area contributed by atoms with Gasteiger partial charge in [0.25, 0.3) is 0 Å². The highest BCUT2D eigenvalue weighted by molar-refractivity contribution is 5.36. The van der Waals surface area contributed by atoms with E-state index in [-0.39, 0.29) is 11.7 Å². The normalized spacial score (nSPS) is 13.5. The lowest BCUT2D eigenvalue weighted by Gasteiger charge is -2.08. The maximum atomic E-state index is 13.9. The lowest BCUT2D eigenvalue weighted by atomic mass is 10.1. The summed E-state index contributed by atoms with van der Waals surface area (Å²) in [6.45, 7) is 1.79. The Bertz CT molecular complexity index is 602. The van der Waals surface area contributed by atoms with Gasteiger partial charge in [-0.05, 0) is 37.1 Å². The van der Waals surface area contributed by atoms with Crippen molar-refractivity contribution in [1.82, 2.24) is 9.78 Å². The van der Waals surface area contributed by atoms with E-state index in [4.69, 9.17) is 5.73 Å². The Labute approximate surface area is 113 Å². The molecule has 2 aromatic rings. The number of hydrogen-bond donors (Lipinski definition) is 1. The van der Waals surface area contributed by atoms with E-state index < -0.39 is 17.7 Å². The van der Waals surface area contributed by atoms with Crippen molar-refractivity contribution in [3.05, 3.63) is 47.5 Å². The molecule has 0 aliphatic heterocycles. The number of hydrogen-bond acceptors (Lipinski definition) is 2. The second-order valence-corrected chi connectivity index (χ2v) is 4.61. The molecule has 0 bridgehead atoms. The van der Waals surface area contributed by atoms with Crippen LogP contribution in [0.25, 0.3) is 5.69 Å². The third kappa shape index (κ3) is 3.16. The Balaban J connectivity index is 2.31. The number of nitrogens with two attached hydrogens (primary N) is 1. The average Bonchev–Trinajstić information content (AvgIpc) is 2.77. The Morgan fingerprint density at radius 2 is 2.00 bits per heavy atom. The number of rotatable bonds is 3. The van der Waals surface area contributed by atoms with E-state index in [1.165, 1.54) is 12.1 Å². The van der Waals surface area contributed by atoms with E-state index in [0.29, 0.717) is 12.0 Å². The summed E-state index contributed by atoms with van der Waals surface area (Å²) in [5.74, 6) is -0.639. The number of alkyl halides is 3. The van der Waals surface area contributed by atoms with Crippen molar-refractivity contribution in [1.29, 1.82) is 0 Å². The van der Waals surface area contributed by atoms with Crippen LogP contribution in [0.4, 0.5) is 17.6 Å². The van der Waals surface area contributed by atoms with E-state index in [2.05, 4.69) is 5.10 Å². The van der Waals surface area contributed by atoms with E-state index in [1.54, 1.807) is 13.0 Å². The van der Waals surface area contributed by atoms with Gasteiger partial charge in [-0.25, -0.2) is 9.07 Å². The molecule has 0 aliphatic carbocycles. The van der Waals surface area contributed by atoms with Crippen LogP contribution < -0.4 is 5.73 Å². The second-order valence-electron chi connectivity index (χ2n) is 4.61. The van der Waals surface area contributed by atoms with Gasteiger partial charge in [0.1, 0.15) is 11.5 Å². The monoisotopic (exact) mass is 287 g/mol. The molecule has 1 atom stereocenters. The summed E-state index contributed by atoms with van der Waals surface area (Å²) in [4.78, 5) is 0. The van der Waals surface area contributed by atoms with Gasteiger partial charge in [0.05, 0.1) is 0 Å². The van der Waals surface area contributed by atoms with Gasteiger partial charge >= 0.3 is 6.18 Å². The van der Waals surface area contributed by atoms with Crippen molar-refractivity contribution in [2.24, 2.45) is 5.73 Å². The van der Waals surface area contributed by atoms with Crippen molar-refractivity contribution >= 4 is 0 Å². The molecule has 2 N–H and O–H groups in total. The first kappa shape index (κ1) is 14.5. The smallest absolute Gasteiger partial charge is 0.328 e. The molecule has 1 unspecified atom stereocenters. The Hall–Kier alpha value is -1.89. The molecule has 1 aromatic carbocycles. The number of benzene rings is 1. The molecule has 1 heterocycles. The summed E-state index contributed by atoms with van der Waals surface area (Å²) < 4.78 is 52.1. The molecule has 7 heteroatoms. The minimum Gasteiger partial charge on any atom is -0.328 e. The highest BCUT2D eigenvalue weighted by atomic mass is 19.4. The van der Waals surface area contributed by atoms with Crippen LogP contribution in [-0.2, 0) is 12.6 Å². The zero-order valence-corrected chi connectivity index (χ0v) is 10.7. The molecule has 0 radical (unpaired) electrons. The molecule has 2 rings (SSSR count). The lowest BCUT2D eigenvalue weighted by molar-refractivity contribution is -0.141. The lowest BCUT2D eigenvalue weighted by Crippen LogP contribution is -2.18. The van der Waals surface area contributed by atoms with Gasteiger partial charge in [-0.3, -0.25) is 0 Å². The maximum Gasteiger partial charge on any atom is 0.435 e. The SMILES string of the molecule is CC(N)Cc1ccc(-n2ccc(C(F)(F)F)n2)c(F)c1. The van der Waals surface area contributed by atoms with Gasteiger partial charge < -0.3 is 5.73 Å². The van der Waals surface area contributed by atoms with Crippen LogP contribution >= 0.6 is 0 Å². The summed E-state index contributed by atoms with van der Waals surface area (Å²) in [7, 11) is 0. The molecule has 0 spiro atoms. The number of aromatic nitrogens is 2. The molecule has 3 nitrogen and oxygen atoms in total. The van der Waals surface area contributed by atoms with Gasteiger partial charge in [0.15, 0.2) is 5.69 Å². The summed E-state index contributed by atoms with van der Waals surface area (Å²) in [5.41, 5.74) is 5.20. The standard InChI is InChI=1S/C13H13F4N3/c1-8(18)6-9-2-3-11(10(14)7-9)20-5-4-12(19-20)13(15,16)17/h2-5,7-8H,6,18H2,1H3. The Morgan fingerprint density at radius 1 is 1.30 bits per heavy atom. The number of halogens is 4. The third-order valence-electron chi connectivity index (χ3n) is 2.70. The first-order valence-electron chi connectivity index (χ1n) is 5.94. The van der Waals surface area contributed by atoms with Crippen LogP contribution in [0.15, 0.2) is 30.5 Å². The van der Waals surface area contributed by atoms with Gasteiger partial charge in [-0.1, -0.05) is 6.07 Å². The van der Waals surface area contributed by atoms with Gasteiger partial charge in [-0.2, -0.15) is 18.3 Å². The predicted molar refractivity (Wildman–Crippen MR) is 65.9 cm³/mol. The fraction of sp³-hybridized carbons (Fsp3) is 0.308. The van der Waals surface area contributed by atoms with Gasteiger partial charge in [0.2, 0.25) is 0 Å². The molecule has 108 valence electrons. The Morgan fingerprint density at radius 3 is 2.50 bits per heavy atom. The predicted octanol–water partition coefficient (Wildman–Crippen LogP) is 2.92. The summed E-state index contributed by atoms with van der Waals surface area (Å²) >= 11 is 0. The minimum absolute atomic E-state index is 0.0334. The van der Waals surface area contributed by atoms with Crippen LogP contribution in [0.1, 0.15) is 18.2 Å². The minimum atomic E-state index is -4.54. The van der Waals surface area contributed by atoms with Crippen LogP contribution in [0.2, 0.25) is 0 Å². The van der Waals surface area contributed by atoms with E-state index in [9.17, 15) is 17.6 Å². The van der Waals surface area contributed by atoms with Gasteiger partial charge in [0, 0.05) is 12.2 Å². The molecule has 0 saturated carbocycles. The van der Waals surface area contributed by atoms with E-state index in [1.807, 2.05) is 0 Å². The molecule has 20 heavy (non-hydrogen) atoms. The highest BCUT2D eigenvalue weighted by Crippen LogP contribution is 2.28. The quantitative estimate of drug-likeness (QED) is 0.882. The highest BCUT2D eigenvalue weighted by Gasteiger charge is 2.33. The maximum absolute atomic E-state index is 13.9. The first-order valence-corrected chi connectivity index (χ1v) is 5.94. The molecule has 0 aliphatic rings.